The number of para-hydroxylation sites is 2. The van der Waals surface area contributed by atoms with Crippen LogP contribution in [0.4, 0.5) is 11.4 Å². The molecule has 1 heteroatoms. The number of hydrogen-bond donors (Lipinski definition) is 1. The van der Waals surface area contributed by atoms with Crippen molar-refractivity contribution in [3.05, 3.63) is 59.7 Å². The Morgan fingerprint density at radius 1 is 0.778 bits per heavy atom. The Morgan fingerprint density at radius 3 is 1.61 bits per heavy atom. The Bertz CT molecular complexity index is 457. The third kappa shape index (κ3) is 2.92. The van der Waals surface area contributed by atoms with E-state index in [1.165, 1.54) is 28.9 Å². The van der Waals surface area contributed by atoms with Gasteiger partial charge in [0, 0.05) is 11.4 Å². The second-order valence-corrected chi connectivity index (χ2v) is 4.65. The van der Waals surface area contributed by atoms with Crippen LogP contribution >= 0.6 is 0 Å². The van der Waals surface area contributed by atoms with E-state index in [1.54, 1.807) is 0 Å². The summed E-state index contributed by atoms with van der Waals surface area (Å²) in [6.07, 6.45) is 3.50. The molecule has 3 rings (SSSR count). The summed E-state index contributed by atoms with van der Waals surface area (Å²) in [4.78, 5) is 0. The maximum Gasteiger partial charge on any atom is 0.0416 e. The first kappa shape index (κ1) is 12.7. The van der Waals surface area contributed by atoms with Crippen molar-refractivity contribution < 1.29 is 0 Å². The number of anilines is 2. The molecule has 0 bridgehead atoms. The van der Waals surface area contributed by atoms with Crippen molar-refractivity contribution in [1.29, 1.82) is 0 Å². The van der Waals surface area contributed by atoms with Gasteiger partial charge in [-0.2, -0.15) is 0 Å². The molecule has 2 aromatic carbocycles. The van der Waals surface area contributed by atoms with Gasteiger partial charge in [-0.05, 0) is 36.1 Å². The normalized spacial score (nSPS) is 12.1. The van der Waals surface area contributed by atoms with Crippen LogP contribution in [0.5, 0.6) is 0 Å². The summed E-state index contributed by atoms with van der Waals surface area (Å²) in [5, 5.41) is 3.50. The zero-order valence-corrected chi connectivity index (χ0v) is 11.2. The van der Waals surface area contributed by atoms with E-state index >= 15 is 0 Å². The minimum Gasteiger partial charge on any atom is -0.355 e. The van der Waals surface area contributed by atoms with E-state index in [0.29, 0.717) is 0 Å². The van der Waals surface area contributed by atoms with Gasteiger partial charge in [0.15, 0.2) is 0 Å². The number of benzene rings is 2. The highest BCUT2D eigenvalue weighted by Crippen LogP contribution is 2.29. The number of aryl methyl sites for hydroxylation is 2. The molecule has 0 unspecified atom stereocenters. The highest BCUT2D eigenvalue weighted by atomic mass is 14.9. The van der Waals surface area contributed by atoms with Crippen molar-refractivity contribution in [2.75, 3.05) is 5.32 Å². The lowest BCUT2D eigenvalue weighted by Crippen LogP contribution is -1.92. The van der Waals surface area contributed by atoms with E-state index in [9.17, 15) is 0 Å². The van der Waals surface area contributed by atoms with Gasteiger partial charge in [0.05, 0.1) is 0 Å². The molecule has 2 aromatic rings. The maximum atomic E-state index is 3.50. The third-order valence-electron chi connectivity index (χ3n) is 2.97. The molecule has 1 heterocycles. The molecule has 1 aliphatic heterocycles. The lowest BCUT2D eigenvalue weighted by molar-refractivity contribution is 0.977. The van der Waals surface area contributed by atoms with Gasteiger partial charge in [-0.25, -0.2) is 0 Å². The van der Waals surface area contributed by atoms with Crippen LogP contribution in [0.2, 0.25) is 0 Å². The van der Waals surface area contributed by atoms with Crippen LogP contribution in [0, 0.1) is 0 Å². The molecule has 0 aliphatic carbocycles. The van der Waals surface area contributed by atoms with Crippen LogP contribution in [0.1, 0.15) is 31.4 Å². The second kappa shape index (κ2) is 6.25. The van der Waals surface area contributed by atoms with E-state index in [-0.39, 0.29) is 0 Å². The first-order valence-corrected chi connectivity index (χ1v) is 6.78. The summed E-state index contributed by atoms with van der Waals surface area (Å²) < 4.78 is 0. The second-order valence-electron chi connectivity index (χ2n) is 4.65. The molecular formula is C17H21N. The van der Waals surface area contributed by atoms with Crippen LogP contribution in [-0.2, 0) is 12.8 Å². The van der Waals surface area contributed by atoms with Gasteiger partial charge in [-0.1, -0.05) is 56.7 Å². The zero-order valence-electron chi connectivity index (χ0n) is 11.2. The first-order valence-electron chi connectivity index (χ1n) is 6.78. The van der Waals surface area contributed by atoms with Gasteiger partial charge in [-0.15, -0.1) is 0 Å². The minimum absolute atomic E-state index is 1.13. The Morgan fingerprint density at radius 2 is 1.17 bits per heavy atom. The molecule has 1 N–H and O–H groups in total. The minimum atomic E-state index is 1.13. The van der Waals surface area contributed by atoms with Crippen molar-refractivity contribution in [1.82, 2.24) is 0 Å². The van der Waals surface area contributed by atoms with Gasteiger partial charge in [-0.3, -0.25) is 0 Å². The summed E-state index contributed by atoms with van der Waals surface area (Å²) >= 11 is 0. The topological polar surface area (TPSA) is 12.0 Å². The number of fused-ring (bicyclic) bond motifs is 2. The summed E-state index contributed by atoms with van der Waals surface area (Å²) in [5.41, 5.74) is 5.33. The summed E-state index contributed by atoms with van der Waals surface area (Å²) in [5.74, 6) is 0. The molecule has 0 amide bonds. The molecular weight excluding hydrogens is 218 g/mol. The summed E-state index contributed by atoms with van der Waals surface area (Å²) in [7, 11) is 0. The molecule has 1 aliphatic rings. The lowest BCUT2D eigenvalue weighted by atomic mass is 10.0. The Hall–Kier alpha value is -1.76. The SMILES string of the molecule is CCC.c1ccc2c(c1)CCc1ccccc1N2. The maximum absolute atomic E-state index is 3.50. The number of rotatable bonds is 0. The van der Waals surface area contributed by atoms with Crippen LogP contribution in [0.25, 0.3) is 0 Å². The summed E-state index contributed by atoms with van der Waals surface area (Å²) in [6.45, 7) is 4.25. The highest BCUT2D eigenvalue weighted by Gasteiger charge is 2.10. The monoisotopic (exact) mass is 239 g/mol. The third-order valence-corrected chi connectivity index (χ3v) is 2.97. The van der Waals surface area contributed by atoms with Gasteiger partial charge >= 0.3 is 0 Å². The Labute approximate surface area is 110 Å². The van der Waals surface area contributed by atoms with E-state index in [4.69, 9.17) is 0 Å². The standard InChI is InChI=1S/C14H13N.C3H8/c1-3-7-13-11(5-1)9-10-12-6-2-4-8-14(12)15-13;1-3-2/h1-8,15H,9-10H2;3H2,1-2H3. The highest BCUT2D eigenvalue weighted by molar-refractivity contribution is 5.67. The van der Waals surface area contributed by atoms with Crippen molar-refractivity contribution in [3.63, 3.8) is 0 Å². The van der Waals surface area contributed by atoms with E-state index in [0.717, 1.165) is 12.8 Å². The van der Waals surface area contributed by atoms with Crippen molar-refractivity contribution in [3.8, 4) is 0 Å². The predicted molar refractivity (Wildman–Crippen MR) is 79.5 cm³/mol. The molecule has 18 heavy (non-hydrogen) atoms. The lowest BCUT2D eigenvalue weighted by Gasteiger charge is -2.08. The zero-order chi connectivity index (χ0) is 12.8. The van der Waals surface area contributed by atoms with E-state index in [2.05, 4.69) is 67.7 Å². The first-order chi connectivity index (χ1) is 8.85. The van der Waals surface area contributed by atoms with Gasteiger partial charge in [0.2, 0.25) is 0 Å². The average molecular weight is 239 g/mol. The molecule has 0 atom stereocenters. The molecule has 0 saturated carbocycles. The fourth-order valence-corrected chi connectivity index (χ4v) is 2.13. The van der Waals surface area contributed by atoms with Gasteiger partial charge in [0.1, 0.15) is 0 Å². The predicted octanol–water partition coefficient (Wildman–Crippen LogP) is 4.95. The molecule has 0 fully saturated rings. The molecule has 0 aromatic heterocycles. The summed E-state index contributed by atoms with van der Waals surface area (Å²) in [6, 6.07) is 17.1. The van der Waals surface area contributed by atoms with Gasteiger partial charge < -0.3 is 5.32 Å². The van der Waals surface area contributed by atoms with Crippen LogP contribution < -0.4 is 5.32 Å². The van der Waals surface area contributed by atoms with E-state index < -0.39 is 0 Å². The Kier molecular flexibility index (Phi) is 4.40. The average Bonchev–Trinajstić information content (AvgIpc) is 2.58. The van der Waals surface area contributed by atoms with Gasteiger partial charge in [0.25, 0.3) is 0 Å². The fourth-order valence-electron chi connectivity index (χ4n) is 2.13. The fraction of sp³-hybridized carbons (Fsp3) is 0.294. The largest absolute Gasteiger partial charge is 0.355 e. The van der Waals surface area contributed by atoms with Crippen LogP contribution in [0.15, 0.2) is 48.5 Å². The number of nitrogens with one attached hydrogen (secondary N) is 1. The number of hydrogen-bond acceptors (Lipinski definition) is 1. The molecule has 0 spiro atoms. The van der Waals surface area contributed by atoms with Crippen LogP contribution in [0.3, 0.4) is 0 Å². The van der Waals surface area contributed by atoms with Crippen LogP contribution in [-0.4, -0.2) is 0 Å². The molecule has 94 valence electrons. The smallest absolute Gasteiger partial charge is 0.0416 e. The molecule has 0 saturated heterocycles. The van der Waals surface area contributed by atoms with Crippen molar-refractivity contribution >= 4 is 11.4 Å². The molecule has 1 nitrogen and oxygen atoms in total. The Balaban J connectivity index is 0.000000367. The quantitative estimate of drug-likeness (QED) is 0.686. The van der Waals surface area contributed by atoms with Crippen molar-refractivity contribution in [2.45, 2.75) is 33.1 Å². The van der Waals surface area contributed by atoms with E-state index in [1.807, 2.05) is 0 Å². The van der Waals surface area contributed by atoms with Crippen molar-refractivity contribution in [2.24, 2.45) is 0 Å². The molecule has 0 radical (unpaired) electrons.